The first-order chi connectivity index (χ1) is 7.27. The number of hydrogen-bond acceptors (Lipinski definition) is 2. The van der Waals surface area contributed by atoms with Gasteiger partial charge in [-0.2, -0.15) is 17.6 Å². The van der Waals surface area contributed by atoms with E-state index >= 15 is 0 Å². The van der Waals surface area contributed by atoms with E-state index in [1.165, 1.54) is 0 Å². The first-order valence-electron chi connectivity index (χ1n) is 3.93. The Balaban J connectivity index is 3.52. The van der Waals surface area contributed by atoms with Gasteiger partial charge in [-0.15, -0.1) is 0 Å². The zero-order valence-electron chi connectivity index (χ0n) is 7.52. The molecule has 0 fully saturated rings. The Kier molecular flexibility index (Phi) is 3.41. The maximum atomic E-state index is 12.6. The van der Waals surface area contributed by atoms with Gasteiger partial charge < -0.3 is 5.11 Å². The normalized spacial score (nSPS) is 12.2. The lowest BCUT2D eigenvalue weighted by molar-refractivity contribution is -0.141. The van der Waals surface area contributed by atoms with Crippen molar-refractivity contribution in [2.24, 2.45) is 0 Å². The van der Waals surface area contributed by atoms with Gasteiger partial charge in [-0.3, -0.25) is 0 Å². The number of rotatable bonds is 2. The molecule has 2 nitrogen and oxygen atoms in total. The summed E-state index contributed by atoms with van der Waals surface area (Å²) in [6, 6.07) is 0.00660. The summed E-state index contributed by atoms with van der Waals surface area (Å²) in [4.78, 5) is 2.73. The quantitative estimate of drug-likeness (QED) is 0.641. The summed E-state index contributed by atoms with van der Waals surface area (Å²) in [5.41, 5.74) is -4.46. The summed E-state index contributed by atoms with van der Waals surface area (Å²) in [5.74, 6) is -1.49. The molecule has 16 heavy (non-hydrogen) atoms. The second-order valence-corrected chi connectivity index (χ2v) is 2.81. The third-order valence-electron chi connectivity index (χ3n) is 1.76. The van der Waals surface area contributed by atoms with Gasteiger partial charge in [0.25, 0.3) is 6.43 Å². The summed E-state index contributed by atoms with van der Waals surface area (Å²) in [5, 5.41) is 8.54. The van der Waals surface area contributed by atoms with Crippen molar-refractivity contribution >= 4 is 0 Å². The molecule has 0 aliphatic rings. The summed E-state index contributed by atoms with van der Waals surface area (Å²) < 4.78 is 74.3. The molecule has 0 unspecified atom stereocenters. The smallest absolute Gasteiger partial charge is 0.390 e. The van der Waals surface area contributed by atoms with Crippen molar-refractivity contribution in [3.8, 4) is 0 Å². The number of alkyl halides is 5. The number of aromatic nitrogens is 1. The van der Waals surface area contributed by atoms with E-state index < -0.39 is 42.0 Å². The molecule has 1 heterocycles. The highest BCUT2D eigenvalue weighted by atomic mass is 19.4. The predicted molar refractivity (Wildman–Crippen MR) is 40.1 cm³/mol. The summed E-state index contributed by atoms with van der Waals surface area (Å²) in [6.45, 7) is -1.27. The highest BCUT2D eigenvalue weighted by Gasteiger charge is 2.39. The number of aliphatic hydroxyl groups excluding tert-OH is 1. The molecule has 0 saturated carbocycles. The third-order valence-corrected chi connectivity index (χ3v) is 1.76. The highest BCUT2D eigenvalue weighted by molar-refractivity contribution is 5.33. The van der Waals surface area contributed by atoms with Crippen molar-refractivity contribution in [3.05, 3.63) is 28.8 Å². The van der Waals surface area contributed by atoms with Crippen LogP contribution >= 0.6 is 0 Å². The van der Waals surface area contributed by atoms with Crippen molar-refractivity contribution < 1.29 is 31.4 Å². The van der Waals surface area contributed by atoms with Gasteiger partial charge in [-0.25, -0.2) is 13.8 Å². The van der Waals surface area contributed by atoms with Crippen LogP contribution in [0.2, 0.25) is 0 Å². The number of aliphatic hydroxyl groups is 1. The van der Waals surface area contributed by atoms with Crippen molar-refractivity contribution in [1.29, 1.82) is 0 Å². The van der Waals surface area contributed by atoms with Crippen LogP contribution in [-0.4, -0.2) is 10.1 Å². The molecule has 1 rings (SSSR count). The Morgan fingerprint density at radius 1 is 1.31 bits per heavy atom. The van der Waals surface area contributed by atoms with Crippen molar-refractivity contribution in [1.82, 2.24) is 4.98 Å². The van der Waals surface area contributed by atoms with Gasteiger partial charge in [0, 0.05) is 11.6 Å². The van der Waals surface area contributed by atoms with E-state index in [0.717, 1.165) is 0 Å². The number of halogens is 6. The fourth-order valence-corrected chi connectivity index (χ4v) is 1.20. The van der Waals surface area contributed by atoms with Crippen LogP contribution in [0, 0.1) is 5.95 Å². The molecule has 90 valence electrons. The largest absolute Gasteiger partial charge is 0.418 e. The molecule has 1 aromatic heterocycles. The van der Waals surface area contributed by atoms with Gasteiger partial charge in [-0.1, -0.05) is 0 Å². The molecular formula is C8H5F6NO. The second kappa shape index (κ2) is 4.28. The predicted octanol–water partition coefficient (Wildman–Crippen LogP) is 2.67. The maximum Gasteiger partial charge on any atom is 0.418 e. The van der Waals surface area contributed by atoms with Crippen LogP contribution in [0.1, 0.15) is 23.2 Å². The van der Waals surface area contributed by atoms with E-state index in [-0.39, 0.29) is 6.07 Å². The lowest BCUT2D eigenvalue weighted by Crippen LogP contribution is -2.16. The van der Waals surface area contributed by atoms with Gasteiger partial charge in [0.2, 0.25) is 5.95 Å². The molecule has 0 aliphatic heterocycles. The Hall–Kier alpha value is -1.31. The molecule has 0 amide bonds. The molecule has 0 aliphatic carbocycles. The fourth-order valence-electron chi connectivity index (χ4n) is 1.20. The first-order valence-corrected chi connectivity index (χ1v) is 3.93. The molecule has 0 bridgehead atoms. The van der Waals surface area contributed by atoms with Gasteiger partial charge in [-0.05, 0) is 0 Å². The molecule has 1 aromatic rings. The van der Waals surface area contributed by atoms with Crippen molar-refractivity contribution in [3.63, 3.8) is 0 Å². The van der Waals surface area contributed by atoms with Crippen molar-refractivity contribution in [2.45, 2.75) is 19.2 Å². The van der Waals surface area contributed by atoms with Crippen LogP contribution in [0.3, 0.4) is 0 Å². The van der Waals surface area contributed by atoms with Gasteiger partial charge in [0.1, 0.15) is 0 Å². The Bertz CT molecular complexity index is 389. The van der Waals surface area contributed by atoms with Gasteiger partial charge in [0.15, 0.2) is 0 Å². The molecule has 0 aromatic carbocycles. The van der Waals surface area contributed by atoms with E-state index in [9.17, 15) is 26.3 Å². The molecule has 0 atom stereocenters. The number of pyridine rings is 1. The standard InChI is InChI=1S/C8H5F6NO/c9-5-1-3(7(10)11)6(8(12,13)14)4(2-16)15-5/h1,7,16H,2H2. The lowest BCUT2D eigenvalue weighted by atomic mass is 10.1. The molecule has 1 N–H and O–H groups in total. The van der Waals surface area contributed by atoms with E-state index in [2.05, 4.69) is 4.98 Å². The summed E-state index contributed by atoms with van der Waals surface area (Å²) >= 11 is 0. The Morgan fingerprint density at radius 2 is 1.88 bits per heavy atom. The van der Waals surface area contributed by atoms with Gasteiger partial charge >= 0.3 is 6.18 Å². The van der Waals surface area contributed by atoms with Crippen LogP contribution in [0.4, 0.5) is 26.3 Å². The molecule has 8 heteroatoms. The zero-order valence-corrected chi connectivity index (χ0v) is 7.52. The summed E-state index contributed by atoms with van der Waals surface area (Å²) in [6.07, 6.45) is -8.62. The summed E-state index contributed by atoms with van der Waals surface area (Å²) in [7, 11) is 0. The van der Waals surface area contributed by atoms with Crippen LogP contribution < -0.4 is 0 Å². The number of hydrogen-bond donors (Lipinski definition) is 1. The fraction of sp³-hybridized carbons (Fsp3) is 0.375. The van der Waals surface area contributed by atoms with E-state index in [4.69, 9.17) is 5.11 Å². The first kappa shape index (κ1) is 12.8. The average molecular weight is 245 g/mol. The van der Waals surface area contributed by atoms with E-state index in [1.807, 2.05) is 0 Å². The SMILES string of the molecule is OCc1nc(F)cc(C(F)F)c1C(F)(F)F. The van der Waals surface area contributed by atoms with Crippen LogP contribution in [0.25, 0.3) is 0 Å². The maximum absolute atomic E-state index is 12.6. The van der Waals surface area contributed by atoms with Crippen LogP contribution in [-0.2, 0) is 12.8 Å². The number of nitrogens with zero attached hydrogens (tertiary/aromatic N) is 1. The minimum Gasteiger partial charge on any atom is -0.390 e. The Morgan fingerprint density at radius 3 is 2.25 bits per heavy atom. The molecule has 0 spiro atoms. The molecular weight excluding hydrogens is 240 g/mol. The topological polar surface area (TPSA) is 33.1 Å². The third kappa shape index (κ3) is 2.43. The average Bonchev–Trinajstić information content (AvgIpc) is 2.14. The van der Waals surface area contributed by atoms with Crippen LogP contribution in [0.5, 0.6) is 0 Å². The van der Waals surface area contributed by atoms with Crippen LogP contribution in [0.15, 0.2) is 6.07 Å². The van der Waals surface area contributed by atoms with E-state index in [1.54, 1.807) is 0 Å². The second-order valence-electron chi connectivity index (χ2n) is 2.81. The highest BCUT2D eigenvalue weighted by Crippen LogP contribution is 2.38. The zero-order chi connectivity index (χ0) is 12.5. The molecule has 0 saturated heterocycles. The minimum atomic E-state index is -5.12. The lowest BCUT2D eigenvalue weighted by Gasteiger charge is -2.15. The minimum absolute atomic E-state index is 0.00660. The Labute approximate surface area is 85.5 Å². The monoisotopic (exact) mass is 245 g/mol. The van der Waals surface area contributed by atoms with Crippen molar-refractivity contribution in [2.75, 3.05) is 0 Å². The van der Waals surface area contributed by atoms with E-state index in [0.29, 0.717) is 0 Å². The van der Waals surface area contributed by atoms with Gasteiger partial charge in [0.05, 0.1) is 17.9 Å². The molecule has 0 radical (unpaired) electrons.